The molecule has 1 saturated heterocycles. The first-order valence-electron chi connectivity index (χ1n) is 8.41. The number of unbranched alkanes of at least 4 members (excludes halogenated alkanes) is 1. The molecule has 21 heavy (non-hydrogen) atoms. The van der Waals surface area contributed by atoms with Gasteiger partial charge in [0, 0.05) is 5.92 Å². The van der Waals surface area contributed by atoms with Gasteiger partial charge in [0.25, 0.3) is 0 Å². The maximum atomic E-state index is 11.4. The fourth-order valence-corrected chi connectivity index (χ4v) is 3.97. The fraction of sp³-hybridized carbons (Fsp3) is 0.833. The van der Waals surface area contributed by atoms with Crippen LogP contribution in [0.3, 0.4) is 0 Å². The first kappa shape index (κ1) is 16.5. The van der Waals surface area contributed by atoms with E-state index in [9.17, 15) is 9.90 Å². The number of aliphatic hydroxyl groups excluding tert-OH is 1. The van der Waals surface area contributed by atoms with E-state index in [0.29, 0.717) is 12.3 Å². The number of carbonyl (C=O) groups is 1. The highest BCUT2D eigenvalue weighted by Gasteiger charge is 2.50. The van der Waals surface area contributed by atoms with Gasteiger partial charge in [-0.1, -0.05) is 52.7 Å². The minimum absolute atomic E-state index is 0.0358. The molecule has 1 aliphatic heterocycles. The van der Waals surface area contributed by atoms with Gasteiger partial charge < -0.3 is 9.84 Å². The summed E-state index contributed by atoms with van der Waals surface area (Å²) < 4.78 is 5.36. The summed E-state index contributed by atoms with van der Waals surface area (Å²) in [7, 11) is 0. The van der Waals surface area contributed by atoms with Crippen molar-refractivity contribution in [3.8, 4) is 0 Å². The quantitative estimate of drug-likeness (QED) is 0.600. The Morgan fingerprint density at radius 1 is 1.48 bits per heavy atom. The highest BCUT2D eigenvalue weighted by Crippen LogP contribution is 2.46. The van der Waals surface area contributed by atoms with Gasteiger partial charge >= 0.3 is 5.97 Å². The van der Waals surface area contributed by atoms with Crippen molar-refractivity contribution in [2.45, 2.75) is 72.0 Å². The third-order valence-electron chi connectivity index (χ3n) is 5.23. The summed E-state index contributed by atoms with van der Waals surface area (Å²) >= 11 is 0. The maximum Gasteiger partial charge on any atom is 0.306 e. The molecule has 0 aromatic carbocycles. The van der Waals surface area contributed by atoms with Crippen LogP contribution in [0.25, 0.3) is 0 Å². The number of ether oxygens (including phenoxy) is 1. The van der Waals surface area contributed by atoms with Crippen molar-refractivity contribution in [3.63, 3.8) is 0 Å². The predicted octanol–water partition coefficient (Wildman–Crippen LogP) is 3.71. The van der Waals surface area contributed by atoms with E-state index in [1.54, 1.807) is 0 Å². The smallest absolute Gasteiger partial charge is 0.306 e. The first-order valence-corrected chi connectivity index (χ1v) is 8.41. The van der Waals surface area contributed by atoms with E-state index < -0.39 is 6.10 Å². The van der Waals surface area contributed by atoms with E-state index in [0.717, 1.165) is 12.8 Å². The van der Waals surface area contributed by atoms with Crippen LogP contribution in [0.2, 0.25) is 0 Å². The molecule has 1 aliphatic carbocycles. The van der Waals surface area contributed by atoms with Crippen molar-refractivity contribution >= 4 is 5.97 Å². The number of fused-ring (bicyclic) bond motifs is 1. The lowest BCUT2D eigenvalue weighted by atomic mass is 9.81. The molecule has 0 radical (unpaired) electrons. The van der Waals surface area contributed by atoms with Gasteiger partial charge in [-0.05, 0) is 30.1 Å². The monoisotopic (exact) mass is 294 g/mol. The van der Waals surface area contributed by atoms with Gasteiger partial charge in [-0.25, -0.2) is 0 Å². The van der Waals surface area contributed by atoms with Gasteiger partial charge in [-0.15, -0.1) is 0 Å². The Balaban J connectivity index is 1.99. The first-order chi connectivity index (χ1) is 9.84. The van der Waals surface area contributed by atoms with E-state index in [-0.39, 0.29) is 29.3 Å². The molecule has 0 unspecified atom stereocenters. The molecule has 3 heteroatoms. The van der Waals surface area contributed by atoms with Crippen LogP contribution in [0.4, 0.5) is 0 Å². The lowest BCUT2D eigenvalue weighted by Gasteiger charge is -2.26. The summed E-state index contributed by atoms with van der Waals surface area (Å²) in [4.78, 5) is 11.4. The van der Waals surface area contributed by atoms with Crippen molar-refractivity contribution < 1.29 is 14.6 Å². The molecular formula is C18H30O3. The Morgan fingerprint density at radius 3 is 2.86 bits per heavy atom. The van der Waals surface area contributed by atoms with Gasteiger partial charge in [0.2, 0.25) is 0 Å². The number of hydrogen-bond acceptors (Lipinski definition) is 3. The molecule has 1 saturated carbocycles. The van der Waals surface area contributed by atoms with Crippen LogP contribution >= 0.6 is 0 Å². The van der Waals surface area contributed by atoms with E-state index in [1.165, 1.54) is 12.8 Å². The van der Waals surface area contributed by atoms with Crippen LogP contribution in [0.5, 0.6) is 0 Å². The molecule has 5 atom stereocenters. The van der Waals surface area contributed by atoms with Gasteiger partial charge in [-0.3, -0.25) is 4.79 Å². The molecule has 0 aromatic rings. The molecule has 3 nitrogen and oxygen atoms in total. The lowest BCUT2D eigenvalue weighted by Crippen LogP contribution is -2.28. The van der Waals surface area contributed by atoms with Crippen LogP contribution in [0.1, 0.15) is 59.8 Å². The summed E-state index contributed by atoms with van der Waals surface area (Å²) in [6, 6.07) is 0. The highest BCUT2D eigenvalue weighted by atomic mass is 16.6. The topological polar surface area (TPSA) is 46.5 Å². The van der Waals surface area contributed by atoms with Crippen LogP contribution in [0, 0.1) is 23.2 Å². The number of carbonyl (C=O) groups excluding carboxylic acids is 1. The Kier molecular flexibility index (Phi) is 5.13. The molecular weight excluding hydrogens is 264 g/mol. The molecule has 120 valence electrons. The lowest BCUT2D eigenvalue weighted by molar-refractivity contribution is -0.141. The van der Waals surface area contributed by atoms with Crippen molar-refractivity contribution in [1.29, 1.82) is 0 Å². The number of esters is 1. The second-order valence-electron chi connectivity index (χ2n) is 7.63. The van der Waals surface area contributed by atoms with Crippen LogP contribution in [-0.2, 0) is 9.53 Å². The summed E-state index contributed by atoms with van der Waals surface area (Å²) in [6.07, 6.45) is 8.60. The third-order valence-corrected chi connectivity index (χ3v) is 5.23. The molecule has 0 bridgehead atoms. The minimum atomic E-state index is -0.467. The summed E-state index contributed by atoms with van der Waals surface area (Å²) in [6.45, 7) is 8.80. The second kappa shape index (κ2) is 6.51. The fourth-order valence-electron chi connectivity index (χ4n) is 3.97. The minimum Gasteiger partial charge on any atom is -0.462 e. The number of rotatable bonds is 6. The number of allylic oxidation sites excluding steroid dienone is 1. The number of aliphatic hydroxyl groups is 1. The number of hydrogen-bond donors (Lipinski definition) is 1. The van der Waals surface area contributed by atoms with E-state index in [1.807, 2.05) is 6.08 Å². The van der Waals surface area contributed by atoms with E-state index in [4.69, 9.17) is 4.74 Å². The maximum absolute atomic E-state index is 11.4. The predicted molar refractivity (Wildman–Crippen MR) is 83.7 cm³/mol. The molecule has 0 aromatic heterocycles. The summed E-state index contributed by atoms with van der Waals surface area (Å²) in [5.74, 6) is 0.665. The summed E-state index contributed by atoms with van der Waals surface area (Å²) in [5, 5.41) is 10.6. The Bertz CT molecular complexity index is 399. The Labute approximate surface area is 128 Å². The summed E-state index contributed by atoms with van der Waals surface area (Å²) in [5.41, 5.74) is 0.125. The second-order valence-corrected chi connectivity index (χ2v) is 7.63. The molecule has 1 N–H and O–H groups in total. The van der Waals surface area contributed by atoms with Crippen LogP contribution < -0.4 is 0 Å². The molecule has 2 rings (SSSR count). The van der Waals surface area contributed by atoms with Crippen molar-refractivity contribution in [3.05, 3.63) is 12.2 Å². The zero-order valence-electron chi connectivity index (χ0n) is 13.8. The van der Waals surface area contributed by atoms with Crippen molar-refractivity contribution in [2.24, 2.45) is 23.2 Å². The van der Waals surface area contributed by atoms with Crippen molar-refractivity contribution in [2.75, 3.05) is 0 Å². The standard InChI is InChI=1S/C18H30O3/c1-5-6-8-18(3,4)9-7-14(19)17-12(2)10-15-13(17)11-16(20)21-15/h7,9,12-15,17,19H,5-6,8,10-11H2,1-4H3/t12-,13+,14-,15+,17+/m0/s1. The average molecular weight is 294 g/mol. The van der Waals surface area contributed by atoms with Crippen LogP contribution in [0.15, 0.2) is 12.2 Å². The molecule has 0 amide bonds. The molecule has 2 aliphatic rings. The Hall–Kier alpha value is -0.830. The molecule has 0 spiro atoms. The third kappa shape index (κ3) is 3.88. The van der Waals surface area contributed by atoms with Gasteiger partial charge in [0.1, 0.15) is 6.10 Å². The zero-order chi connectivity index (χ0) is 15.6. The largest absolute Gasteiger partial charge is 0.462 e. The van der Waals surface area contributed by atoms with Crippen LogP contribution in [-0.4, -0.2) is 23.3 Å². The molecule has 2 fully saturated rings. The van der Waals surface area contributed by atoms with E-state index >= 15 is 0 Å². The SMILES string of the molecule is CCCCC(C)(C)C=C[C@H](O)[C@H]1[C@@H]2CC(=O)O[C@@H]2C[C@@H]1C. The zero-order valence-corrected chi connectivity index (χ0v) is 13.8. The van der Waals surface area contributed by atoms with Gasteiger partial charge in [0.05, 0.1) is 12.5 Å². The Morgan fingerprint density at radius 2 is 2.19 bits per heavy atom. The van der Waals surface area contributed by atoms with Crippen molar-refractivity contribution in [1.82, 2.24) is 0 Å². The highest BCUT2D eigenvalue weighted by molar-refractivity contribution is 5.72. The van der Waals surface area contributed by atoms with Gasteiger partial charge in [-0.2, -0.15) is 0 Å². The average Bonchev–Trinajstić information content (AvgIpc) is 2.88. The van der Waals surface area contributed by atoms with E-state index in [2.05, 4.69) is 33.8 Å². The molecule has 1 heterocycles. The normalized spacial score (nSPS) is 34.2. The van der Waals surface area contributed by atoms with Gasteiger partial charge in [0.15, 0.2) is 0 Å².